The van der Waals surface area contributed by atoms with E-state index >= 15 is 0 Å². The minimum absolute atomic E-state index is 0.0413. The standard InChI is InChI=1S/C13H19N3O4/c1-2-15(9-10-17)8-7-13(18)14-11-5-3-4-6-12(11)16(19)20/h3-6,17H,2,7-10H2,1H3,(H,14,18). The van der Waals surface area contributed by atoms with Gasteiger partial charge in [0.05, 0.1) is 11.5 Å². The van der Waals surface area contributed by atoms with Crippen LogP contribution in [0.1, 0.15) is 13.3 Å². The van der Waals surface area contributed by atoms with Crippen LogP contribution in [0.3, 0.4) is 0 Å². The summed E-state index contributed by atoms with van der Waals surface area (Å²) in [6, 6.07) is 6.03. The zero-order valence-electron chi connectivity index (χ0n) is 11.4. The number of nitrogens with one attached hydrogen (secondary N) is 1. The van der Waals surface area contributed by atoms with Crippen molar-refractivity contribution in [3.05, 3.63) is 34.4 Å². The van der Waals surface area contributed by atoms with Crippen LogP contribution in [0.25, 0.3) is 0 Å². The van der Waals surface area contributed by atoms with E-state index in [1.54, 1.807) is 12.1 Å². The highest BCUT2D eigenvalue weighted by Crippen LogP contribution is 2.23. The largest absolute Gasteiger partial charge is 0.395 e. The van der Waals surface area contributed by atoms with Crippen LogP contribution >= 0.6 is 0 Å². The van der Waals surface area contributed by atoms with Gasteiger partial charge in [-0.15, -0.1) is 0 Å². The number of carbonyl (C=O) groups excluding carboxylic acids is 1. The van der Waals surface area contributed by atoms with E-state index in [1.165, 1.54) is 12.1 Å². The minimum atomic E-state index is -0.528. The second-order valence-electron chi connectivity index (χ2n) is 4.23. The Bertz CT molecular complexity index is 465. The molecule has 0 unspecified atom stereocenters. The highest BCUT2D eigenvalue weighted by Gasteiger charge is 2.15. The number of nitro benzene ring substituents is 1. The molecule has 1 rings (SSSR count). The van der Waals surface area contributed by atoms with Gasteiger partial charge in [-0.1, -0.05) is 19.1 Å². The van der Waals surface area contributed by atoms with E-state index in [-0.39, 0.29) is 30.3 Å². The fourth-order valence-corrected chi connectivity index (χ4v) is 1.78. The molecule has 0 saturated heterocycles. The number of hydrogen-bond donors (Lipinski definition) is 2. The fraction of sp³-hybridized carbons (Fsp3) is 0.462. The van der Waals surface area contributed by atoms with Crippen molar-refractivity contribution < 1.29 is 14.8 Å². The van der Waals surface area contributed by atoms with Gasteiger partial charge in [-0.25, -0.2) is 0 Å². The van der Waals surface area contributed by atoms with Crippen LogP contribution in [0.4, 0.5) is 11.4 Å². The van der Waals surface area contributed by atoms with E-state index in [0.29, 0.717) is 13.1 Å². The molecule has 0 aliphatic carbocycles. The molecular weight excluding hydrogens is 262 g/mol. The van der Waals surface area contributed by atoms with Gasteiger partial charge in [0.25, 0.3) is 5.69 Å². The number of benzene rings is 1. The lowest BCUT2D eigenvalue weighted by Crippen LogP contribution is -2.30. The van der Waals surface area contributed by atoms with E-state index in [4.69, 9.17) is 5.11 Å². The SMILES string of the molecule is CCN(CCO)CCC(=O)Nc1ccccc1[N+](=O)[O-]. The van der Waals surface area contributed by atoms with Crippen molar-refractivity contribution in [2.45, 2.75) is 13.3 Å². The van der Waals surface area contributed by atoms with E-state index in [9.17, 15) is 14.9 Å². The number of para-hydroxylation sites is 2. The predicted molar refractivity (Wildman–Crippen MR) is 75.5 cm³/mol. The van der Waals surface area contributed by atoms with Crippen LogP contribution in [0.2, 0.25) is 0 Å². The molecule has 0 saturated carbocycles. The maximum absolute atomic E-state index is 11.8. The molecule has 20 heavy (non-hydrogen) atoms. The number of aliphatic hydroxyl groups is 1. The number of amides is 1. The highest BCUT2D eigenvalue weighted by molar-refractivity contribution is 5.93. The molecule has 7 heteroatoms. The van der Waals surface area contributed by atoms with Crippen LogP contribution in [0, 0.1) is 10.1 Å². The van der Waals surface area contributed by atoms with Gasteiger partial charge < -0.3 is 15.3 Å². The Morgan fingerprint density at radius 1 is 1.40 bits per heavy atom. The summed E-state index contributed by atoms with van der Waals surface area (Å²) in [6.07, 6.45) is 0.222. The number of hydrogen-bond acceptors (Lipinski definition) is 5. The summed E-state index contributed by atoms with van der Waals surface area (Å²) in [4.78, 5) is 24.0. The lowest BCUT2D eigenvalue weighted by Gasteiger charge is -2.18. The molecule has 0 aliphatic heterocycles. The third-order valence-corrected chi connectivity index (χ3v) is 2.89. The summed E-state index contributed by atoms with van der Waals surface area (Å²) >= 11 is 0. The molecule has 0 aliphatic rings. The second-order valence-corrected chi connectivity index (χ2v) is 4.23. The summed E-state index contributed by atoms with van der Waals surface area (Å²) in [5.41, 5.74) is 0.0799. The molecule has 0 heterocycles. The molecule has 1 aromatic carbocycles. The lowest BCUT2D eigenvalue weighted by atomic mass is 10.2. The summed E-state index contributed by atoms with van der Waals surface area (Å²) in [6.45, 7) is 3.73. The smallest absolute Gasteiger partial charge is 0.292 e. The van der Waals surface area contributed by atoms with Crippen LogP contribution in [0.15, 0.2) is 24.3 Å². The number of likely N-dealkylation sites (N-methyl/N-ethyl adjacent to an activating group) is 1. The third kappa shape index (κ3) is 4.94. The molecule has 0 atom stereocenters. The van der Waals surface area contributed by atoms with Crippen molar-refractivity contribution in [1.29, 1.82) is 0 Å². The predicted octanol–water partition coefficient (Wildman–Crippen LogP) is 1.24. The van der Waals surface area contributed by atoms with Crippen LogP contribution < -0.4 is 5.32 Å². The fourth-order valence-electron chi connectivity index (χ4n) is 1.78. The van der Waals surface area contributed by atoms with Gasteiger partial charge in [-0.3, -0.25) is 14.9 Å². The molecule has 110 valence electrons. The van der Waals surface area contributed by atoms with E-state index in [2.05, 4.69) is 5.32 Å². The van der Waals surface area contributed by atoms with Crippen molar-refractivity contribution in [1.82, 2.24) is 4.90 Å². The first-order valence-electron chi connectivity index (χ1n) is 6.45. The van der Waals surface area contributed by atoms with Gasteiger partial charge in [0.2, 0.25) is 5.91 Å². The zero-order valence-corrected chi connectivity index (χ0v) is 11.4. The van der Waals surface area contributed by atoms with Crippen LogP contribution in [-0.4, -0.2) is 47.1 Å². The lowest BCUT2D eigenvalue weighted by molar-refractivity contribution is -0.383. The van der Waals surface area contributed by atoms with Crippen molar-refractivity contribution in [2.75, 3.05) is 31.6 Å². The molecule has 0 radical (unpaired) electrons. The first-order valence-corrected chi connectivity index (χ1v) is 6.45. The van der Waals surface area contributed by atoms with Crippen molar-refractivity contribution >= 4 is 17.3 Å². The van der Waals surface area contributed by atoms with Crippen LogP contribution in [-0.2, 0) is 4.79 Å². The first kappa shape index (κ1) is 16.1. The maximum Gasteiger partial charge on any atom is 0.292 e. The van der Waals surface area contributed by atoms with E-state index in [0.717, 1.165) is 6.54 Å². The molecule has 0 spiro atoms. The highest BCUT2D eigenvalue weighted by atomic mass is 16.6. The quantitative estimate of drug-likeness (QED) is 0.552. The topological polar surface area (TPSA) is 95.7 Å². The molecule has 1 aromatic rings. The Balaban J connectivity index is 2.56. The second kappa shape index (κ2) is 8.23. The third-order valence-electron chi connectivity index (χ3n) is 2.89. The van der Waals surface area contributed by atoms with E-state index in [1.807, 2.05) is 11.8 Å². The summed E-state index contributed by atoms with van der Waals surface area (Å²) < 4.78 is 0. The Kier molecular flexibility index (Phi) is 6.61. The van der Waals surface area contributed by atoms with Crippen molar-refractivity contribution in [3.63, 3.8) is 0 Å². The Hall–Kier alpha value is -1.99. The Morgan fingerprint density at radius 3 is 2.70 bits per heavy atom. The summed E-state index contributed by atoms with van der Waals surface area (Å²) in [7, 11) is 0. The number of anilines is 1. The van der Waals surface area contributed by atoms with Gasteiger partial charge >= 0.3 is 0 Å². The monoisotopic (exact) mass is 281 g/mol. The number of aliphatic hydroxyl groups excluding tert-OH is 1. The molecule has 0 bridgehead atoms. The molecule has 2 N–H and O–H groups in total. The van der Waals surface area contributed by atoms with Gasteiger partial charge in [0, 0.05) is 25.6 Å². The van der Waals surface area contributed by atoms with Gasteiger partial charge in [0.1, 0.15) is 5.69 Å². The zero-order chi connectivity index (χ0) is 15.0. The number of rotatable bonds is 8. The number of carbonyl (C=O) groups is 1. The average molecular weight is 281 g/mol. The Labute approximate surface area is 117 Å². The molecular formula is C13H19N3O4. The summed E-state index contributed by atoms with van der Waals surface area (Å²) in [5.74, 6) is -0.282. The van der Waals surface area contributed by atoms with E-state index < -0.39 is 4.92 Å². The molecule has 0 aromatic heterocycles. The maximum atomic E-state index is 11.8. The Morgan fingerprint density at radius 2 is 2.10 bits per heavy atom. The molecule has 7 nitrogen and oxygen atoms in total. The number of nitro groups is 1. The molecule has 0 fully saturated rings. The number of nitrogens with zero attached hydrogens (tertiary/aromatic N) is 2. The average Bonchev–Trinajstić information content (AvgIpc) is 2.43. The first-order chi connectivity index (χ1) is 9.58. The molecule has 1 amide bonds. The van der Waals surface area contributed by atoms with Gasteiger partial charge in [-0.05, 0) is 12.6 Å². The van der Waals surface area contributed by atoms with Crippen LogP contribution in [0.5, 0.6) is 0 Å². The minimum Gasteiger partial charge on any atom is -0.395 e. The van der Waals surface area contributed by atoms with Crippen molar-refractivity contribution in [2.24, 2.45) is 0 Å². The normalized spacial score (nSPS) is 10.6. The summed E-state index contributed by atoms with van der Waals surface area (Å²) in [5, 5.41) is 22.2. The van der Waals surface area contributed by atoms with Gasteiger partial charge in [-0.2, -0.15) is 0 Å². The van der Waals surface area contributed by atoms with Gasteiger partial charge in [0.15, 0.2) is 0 Å². The van der Waals surface area contributed by atoms with Crippen molar-refractivity contribution in [3.8, 4) is 0 Å².